The molecule has 4 rings (SSSR count). The van der Waals surface area contributed by atoms with Gasteiger partial charge in [-0.1, -0.05) is 24.3 Å². The van der Waals surface area contributed by atoms with E-state index in [1.165, 1.54) is 16.2 Å². The van der Waals surface area contributed by atoms with Gasteiger partial charge in [0.05, 0.1) is 17.5 Å². The van der Waals surface area contributed by atoms with Crippen LogP contribution in [-0.4, -0.2) is 29.4 Å². The highest BCUT2D eigenvalue weighted by Gasteiger charge is 2.30. The van der Waals surface area contributed by atoms with E-state index in [4.69, 9.17) is 4.74 Å². The third kappa shape index (κ3) is 3.79. The van der Waals surface area contributed by atoms with Crippen LogP contribution in [-0.2, 0) is 16.1 Å². The zero-order valence-corrected chi connectivity index (χ0v) is 18.5. The van der Waals surface area contributed by atoms with E-state index in [0.717, 1.165) is 28.0 Å². The first-order chi connectivity index (χ1) is 14.9. The normalized spacial score (nSPS) is 14.7. The highest BCUT2D eigenvalue weighted by molar-refractivity contribution is 7.16. The van der Waals surface area contributed by atoms with E-state index in [0.29, 0.717) is 22.6 Å². The molecule has 1 saturated heterocycles. The van der Waals surface area contributed by atoms with Gasteiger partial charge in [0.1, 0.15) is 11.3 Å². The lowest BCUT2D eigenvalue weighted by Crippen LogP contribution is -2.28. The molecule has 7 nitrogen and oxygen atoms in total. The number of nitrogens with zero attached hydrogens (tertiary/aromatic N) is 3. The summed E-state index contributed by atoms with van der Waals surface area (Å²) in [6.45, 7) is 4.81. The Morgan fingerprint density at radius 2 is 1.77 bits per heavy atom. The molecule has 1 aliphatic rings. The lowest BCUT2D eigenvalue weighted by molar-refractivity contribution is -0.121. The van der Waals surface area contributed by atoms with Gasteiger partial charge in [0.25, 0.3) is 5.91 Å². The second-order valence-electron chi connectivity index (χ2n) is 7.39. The van der Waals surface area contributed by atoms with Crippen LogP contribution >= 0.6 is 11.3 Å². The molecule has 0 saturated carbocycles. The Morgan fingerprint density at radius 3 is 2.39 bits per heavy atom. The van der Waals surface area contributed by atoms with Gasteiger partial charge in [-0.3, -0.25) is 19.3 Å². The largest absolute Gasteiger partial charge is 0.495 e. The van der Waals surface area contributed by atoms with Crippen molar-refractivity contribution in [3.8, 4) is 5.75 Å². The highest BCUT2D eigenvalue weighted by Crippen LogP contribution is 2.30. The summed E-state index contributed by atoms with van der Waals surface area (Å²) in [4.78, 5) is 42.9. The Bertz CT molecular complexity index is 1240. The number of benzene rings is 2. The number of amides is 3. The number of carbonyl (C=O) groups is 3. The molecule has 0 spiro atoms. The predicted octanol–water partition coefficient (Wildman–Crippen LogP) is 3.82. The molecule has 0 bridgehead atoms. The summed E-state index contributed by atoms with van der Waals surface area (Å²) in [6.07, 6.45) is 1.33. The molecule has 3 aromatic rings. The summed E-state index contributed by atoms with van der Waals surface area (Å²) in [6, 6.07) is 10.4. The van der Waals surface area contributed by atoms with Gasteiger partial charge in [-0.05, 0) is 49.2 Å². The third-order valence-corrected chi connectivity index (χ3v) is 6.49. The van der Waals surface area contributed by atoms with Crippen molar-refractivity contribution < 1.29 is 19.1 Å². The zero-order chi connectivity index (χ0) is 22.1. The Hall–Kier alpha value is -3.26. The van der Waals surface area contributed by atoms with Crippen molar-refractivity contribution in [2.45, 2.75) is 39.7 Å². The van der Waals surface area contributed by atoms with Crippen molar-refractivity contribution in [3.05, 3.63) is 52.3 Å². The molecular weight excluding hydrogens is 414 g/mol. The molecule has 1 aliphatic heterocycles. The van der Waals surface area contributed by atoms with Gasteiger partial charge in [-0.15, -0.1) is 0 Å². The lowest BCUT2D eigenvalue weighted by atomic mass is 10.2. The summed E-state index contributed by atoms with van der Waals surface area (Å²) in [5.74, 6) is -0.0601. The number of carbonyl (C=O) groups excluding carboxylic acids is 3. The van der Waals surface area contributed by atoms with Gasteiger partial charge in [-0.25, -0.2) is 0 Å². The maximum atomic E-state index is 12.9. The molecule has 2 heterocycles. The average molecular weight is 438 g/mol. The molecule has 2 aromatic carbocycles. The predicted molar refractivity (Wildman–Crippen MR) is 119 cm³/mol. The second kappa shape index (κ2) is 8.47. The van der Waals surface area contributed by atoms with Crippen LogP contribution in [0, 0.1) is 6.92 Å². The molecule has 31 heavy (non-hydrogen) atoms. The number of hydrogen-bond acceptors (Lipinski definition) is 5. The van der Waals surface area contributed by atoms with Crippen molar-refractivity contribution in [1.29, 1.82) is 0 Å². The van der Waals surface area contributed by atoms with Crippen molar-refractivity contribution in [1.82, 2.24) is 4.57 Å². The van der Waals surface area contributed by atoms with E-state index in [1.807, 2.05) is 23.6 Å². The quantitative estimate of drug-likeness (QED) is 0.568. The van der Waals surface area contributed by atoms with Crippen LogP contribution in [0.25, 0.3) is 10.2 Å². The fraction of sp³-hybridized carbons (Fsp3) is 0.304. The molecule has 3 amide bonds. The van der Waals surface area contributed by atoms with Gasteiger partial charge < -0.3 is 9.30 Å². The first-order valence-corrected chi connectivity index (χ1v) is 11.0. The minimum Gasteiger partial charge on any atom is -0.495 e. The number of aromatic nitrogens is 1. The van der Waals surface area contributed by atoms with E-state index in [9.17, 15) is 14.4 Å². The van der Waals surface area contributed by atoms with Gasteiger partial charge >= 0.3 is 0 Å². The van der Waals surface area contributed by atoms with Gasteiger partial charge in [0.2, 0.25) is 11.8 Å². The monoisotopic (exact) mass is 437 g/mol. The Kier molecular flexibility index (Phi) is 5.73. The summed E-state index contributed by atoms with van der Waals surface area (Å²) in [5.41, 5.74) is 2.92. The number of fused-ring (bicyclic) bond motifs is 1. The second-order valence-corrected chi connectivity index (χ2v) is 8.36. The molecular formula is C23H23N3O4S. The Morgan fingerprint density at radius 1 is 1.10 bits per heavy atom. The van der Waals surface area contributed by atoms with Crippen molar-refractivity contribution >= 4 is 45.0 Å². The lowest BCUT2D eigenvalue weighted by Gasteiger charge is -2.13. The van der Waals surface area contributed by atoms with E-state index < -0.39 is 0 Å². The van der Waals surface area contributed by atoms with Crippen molar-refractivity contribution in [3.63, 3.8) is 0 Å². The number of ether oxygens (including phenoxy) is 1. The number of aryl methyl sites for hydroxylation is 2. The molecule has 0 aliphatic carbocycles. The van der Waals surface area contributed by atoms with Crippen LogP contribution in [0.15, 0.2) is 41.4 Å². The summed E-state index contributed by atoms with van der Waals surface area (Å²) in [7, 11) is 1.64. The number of anilines is 1. The maximum absolute atomic E-state index is 12.9. The molecule has 0 atom stereocenters. The highest BCUT2D eigenvalue weighted by atomic mass is 32.1. The van der Waals surface area contributed by atoms with E-state index in [1.54, 1.807) is 31.4 Å². The number of hydrogen-bond donors (Lipinski definition) is 0. The van der Waals surface area contributed by atoms with E-state index in [2.05, 4.69) is 11.9 Å². The fourth-order valence-corrected chi connectivity index (χ4v) is 4.87. The van der Waals surface area contributed by atoms with Crippen LogP contribution in [0.5, 0.6) is 5.75 Å². The van der Waals surface area contributed by atoms with E-state index >= 15 is 0 Å². The number of thiazole rings is 1. The Balaban J connectivity index is 1.74. The molecule has 160 valence electrons. The molecule has 8 heteroatoms. The third-order valence-electron chi connectivity index (χ3n) is 5.27. The van der Waals surface area contributed by atoms with Crippen LogP contribution < -0.4 is 14.4 Å². The summed E-state index contributed by atoms with van der Waals surface area (Å²) in [5, 5.41) is 0. The molecule has 0 unspecified atom stereocenters. The Labute approximate surface area is 183 Å². The van der Waals surface area contributed by atoms with Crippen LogP contribution in [0.3, 0.4) is 0 Å². The first-order valence-electron chi connectivity index (χ1n) is 10.2. The minimum atomic E-state index is -0.376. The molecule has 1 aromatic heterocycles. The molecule has 0 radical (unpaired) electrons. The van der Waals surface area contributed by atoms with Crippen LogP contribution in [0.4, 0.5) is 5.69 Å². The standard InChI is InChI=1S/C23H23N3O4S/c1-4-13-25-20-17(30-3)10-5-14(2)21(20)31-23(25)24-22(29)15-6-8-16(9-7-15)26-18(27)11-12-19(26)28/h5-10H,4,11-13H2,1-3H3. The van der Waals surface area contributed by atoms with Crippen LogP contribution in [0.1, 0.15) is 42.1 Å². The number of methoxy groups -OCH3 is 1. The van der Waals surface area contributed by atoms with Crippen LogP contribution in [0.2, 0.25) is 0 Å². The average Bonchev–Trinajstić information content (AvgIpc) is 3.29. The topological polar surface area (TPSA) is 81.0 Å². The summed E-state index contributed by atoms with van der Waals surface area (Å²) >= 11 is 1.47. The fourth-order valence-electron chi connectivity index (χ4n) is 3.73. The van der Waals surface area contributed by atoms with Crippen molar-refractivity contribution in [2.24, 2.45) is 4.99 Å². The number of imide groups is 1. The zero-order valence-electron chi connectivity index (χ0n) is 17.7. The van der Waals surface area contributed by atoms with Gasteiger partial charge in [-0.2, -0.15) is 4.99 Å². The number of rotatable bonds is 5. The summed E-state index contributed by atoms with van der Waals surface area (Å²) < 4.78 is 8.62. The van der Waals surface area contributed by atoms with Gasteiger partial charge in [0.15, 0.2) is 4.80 Å². The first kappa shape index (κ1) is 21.0. The molecule has 0 N–H and O–H groups in total. The SMILES string of the molecule is CCCn1c(=NC(=O)c2ccc(N3C(=O)CCC3=O)cc2)sc2c(C)ccc(OC)c21. The molecule has 1 fully saturated rings. The van der Waals surface area contributed by atoms with Crippen molar-refractivity contribution in [2.75, 3.05) is 12.0 Å². The maximum Gasteiger partial charge on any atom is 0.279 e. The smallest absolute Gasteiger partial charge is 0.279 e. The van der Waals surface area contributed by atoms with E-state index in [-0.39, 0.29) is 30.6 Å². The van der Waals surface area contributed by atoms with Gasteiger partial charge in [0, 0.05) is 24.9 Å². The minimum absolute atomic E-state index is 0.219.